The predicted molar refractivity (Wildman–Crippen MR) is 78.5 cm³/mol. The molecule has 0 atom stereocenters. The van der Waals surface area contributed by atoms with Crippen LogP contribution in [0.25, 0.3) is 0 Å². The lowest BCUT2D eigenvalue weighted by Gasteiger charge is -2.13. The first kappa shape index (κ1) is 15.8. The summed E-state index contributed by atoms with van der Waals surface area (Å²) in [7, 11) is 0. The monoisotopic (exact) mass is 375 g/mol. The number of amidine groups is 1. The van der Waals surface area contributed by atoms with Crippen LogP contribution in [0.5, 0.6) is 0 Å². The highest BCUT2D eigenvalue weighted by Crippen LogP contribution is 2.35. The lowest BCUT2D eigenvalue weighted by Crippen LogP contribution is -2.18. The Kier molecular flexibility index (Phi) is 4.58. The summed E-state index contributed by atoms with van der Waals surface area (Å²) in [5, 5.41) is 7.94. The van der Waals surface area contributed by atoms with Crippen LogP contribution in [0.3, 0.4) is 0 Å². The highest BCUT2D eigenvalue weighted by molar-refractivity contribution is 9.10. The minimum Gasteiger partial charge on any atom is -0.384 e. The highest BCUT2D eigenvalue weighted by atomic mass is 79.9. The van der Waals surface area contributed by atoms with Crippen LogP contribution in [0.1, 0.15) is 11.1 Å². The second kappa shape index (κ2) is 6.07. The molecule has 0 aliphatic rings. The van der Waals surface area contributed by atoms with Gasteiger partial charge in [-0.2, -0.15) is 13.2 Å². The number of alkyl halides is 3. The molecule has 1 aromatic heterocycles. The van der Waals surface area contributed by atoms with Gasteiger partial charge in [0, 0.05) is 21.1 Å². The van der Waals surface area contributed by atoms with Crippen molar-refractivity contribution in [2.45, 2.75) is 16.1 Å². The van der Waals surface area contributed by atoms with Crippen LogP contribution in [0, 0.1) is 5.41 Å². The van der Waals surface area contributed by atoms with Crippen molar-refractivity contribution >= 4 is 33.5 Å². The number of aromatic nitrogens is 1. The fourth-order valence-corrected chi connectivity index (χ4v) is 2.63. The summed E-state index contributed by atoms with van der Waals surface area (Å²) in [6.45, 7) is 0. The Labute approximate surface area is 131 Å². The maximum atomic E-state index is 12.8. The van der Waals surface area contributed by atoms with Crippen LogP contribution in [-0.2, 0) is 6.18 Å². The van der Waals surface area contributed by atoms with E-state index >= 15 is 0 Å². The van der Waals surface area contributed by atoms with Gasteiger partial charge >= 0.3 is 6.18 Å². The normalized spacial score (nSPS) is 11.4. The van der Waals surface area contributed by atoms with E-state index in [2.05, 4.69) is 20.9 Å². The molecule has 0 saturated carbocycles. The zero-order valence-electron chi connectivity index (χ0n) is 10.4. The lowest BCUT2D eigenvalue weighted by molar-refractivity contribution is -0.137. The molecule has 0 fully saturated rings. The maximum absolute atomic E-state index is 12.8. The molecule has 0 spiro atoms. The lowest BCUT2D eigenvalue weighted by atomic mass is 10.1. The minimum absolute atomic E-state index is 0.329. The summed E-state index contributed by atoms with van der Waals surface area (Å²) < 4.78 is 39.3. The van der Waals surface area contributed by atoms with Crippen molar-refractivity contribution in [2.75, 3.05) is 0 Å². The van der Waals surface area contributed by atoms with Gasteiger partial charge in [-0.1, -0.05) is 11.8 Å². The van der Waals surface area contributed by atoms with Gasteiger partial charge in [0.05, 0.1) is 5.56 Å². The largest absolute Gasteiger partial charge is 0.417 e. The van der Waals surface area contributed by atoms with Gasteiger partial charge in [0.15, 0.2) is 0 Å². The summed E-state index contributed by atoms with van der Waals surface area (Å²) in [5.41, 5.74) is 4.00. The topological polar surface area (TPSA) is 62.8 Å². The van der Waals surface area contributed by atoms with Gasteiger partial charge in [-0.3, -0.25) is 5.41 Å². The molecule has 21 heavy (non-hydrogen) atoms. The van der Waals surface area contributed by atoms with Crippen molar-refractivity contribution in [1.29, 1.82) is 5.41 Å². The van der Waals surface area contributed by atoms with E-state index in [1.165, 1.54) is 23.9 Å². The summed E-state index contributed by atoms with van der Waals surface area (Å²) in [4.78, 5) is 4.66. The third-order valence-electron chi connectivity index (χ3n) is 2.51. The molecule has 2 aromatic rings. The fourth-order valence-electron chi connectivity index (χ4n) is 1.60. The van der Waals surface area contributed by atoms with Crippen LogP contribution in [0.4, 0.5) is 13.2 Å². The van der Waals surface area contributed by atoms with E-state index in [-0.39, 0.29) is 5.56 Å². The molecule has 110 valence electrons. The van der Waals surface area contributed by atoms with Crippen LogP contribution in [0.2, 0.25) is 0 Å². The van der Waals surface area contributed by atoms with Gasteiger partial charge in [-0.05, 0) is 46.3 Å². The number of nitrogens with one attached hydrogen (secondary N) is 1. The maximum Gasteiger partial charge on any atom is 0.417 e. The predicted octanol–water partition coefficient (Wildman–Crippen LogP) is 4.30. The molecule has 1 aromatic carbocycles. The zero-order chi connectivity index (χ0) is 15.6. The molecular weight excluding hydrogens is 367 g/mol. The summed E-state index contributed by atoms with van der Waals surface area (Å²) >= 11 is 4.45. The molecular formula is C13H9BrF3N3S. The zero-order valence-corrected chi connectivity index (χ0v) is 12.8. The number of hydrogen-bond donors (Lipinski definition) is 2. The summed E-state index contributed by atoms with van der Waals surface area (Å²) in [6.07, 6.45) is -2.95. The van der Waals surface area contributed by atoms with Crippen molar-refractivity contribution in [3.63, 3.8) is 0 Å². The molecule has 0 radical (unpaired) electrons. The number of hydrogen-bond acceptors (Lipinski definition) is 3. The van der Waals surface area contributed by atoms with E-state index in [1.807, 2.05) is 0 Å². The van der Waals surface area contributed by atoms with E-state index in [4.69, 9.17) is 11.1 Å². The number of benzene rings is 1. The molecule has 2 rings (SSSR count). The second-order valence-corrected chi connectivity index (χ2v) is 6.05. The first-order valence-corrected chi connectivity index (χ1v) is 7.23. The van der Waals surface area contributed by atoms with E-state index in [1.54, 1.807) is 18.3 Å². The van der Waals surface area contributed by atoms with E-state index in [9.17, 15) is 13.2 Å². The SMILES string of the molecule is N=C(N)c1cc(Sc2ccc(Br)cn2)ccc1C(F)(F)F. The van der Waals surface area contributed by atoms with E-state index < -0.39 is 17.6 Å². The van der Waals surface area contributed by atoms with Gasteiger partial charge in [-0.25, -0.2) is 4.98 Å². The Hall–Kier alpha value is -1.54. The Bertz CT molecular complexity index is 671. The Morgan fingerprint density at radius 1 is 1.24 bits per heavy atom. The third kappa shape index (κ3) is 3.98. The van der Waals surface area contributed by atoms with Crippen LogP contribution >= 0.6 is 27.7 Å². The van der Waals surface area contributed by atoms with Crippen LogP contribution in [-0.4, -0.2) is 10.8 Å². The van der Waals surface area contributed by atoms with E-state index in [0.29, 0.717) is 9.92 Å². The molecule has 0 aliphatic carbocycles. The molecule has 0 bridgehead atoms. The van der Waals surface area contributed by atoms with Crippen molar-refractivity contribution in [1.82, 2.24) is 4.98 Å². The highest BCUT2D eigenvalue weighted by Gasteiger charge is 2.34. The smallest absolute Gasteiger partial charge is 0.384 e. The number of nitrogens with two attached hydrogens (primary N) is 1. The molecule has 0 aliphatic heterocycles. The standard InChI is InChI=1S/C13H9BrF3N3S/c14-7-1-4-11(20-6-7)21-8-2-3-10(13(15,16)17)9(5-8)12(18)19/h1-6H,(H3,18,19). The molecule has 0 saturated heterocycles. The minimum atomic E-state index is -4.54. The first-order valence-electron chi connectivity index (χ1n) is 5.62. The average Bonchev–Trinajstić information content (AvgIpc) is 2.40. The number of nitrogen functional groups attached to an aromatic ring is 1. The molecule has 0 unspecified atom stereocenters. The number of pyridine rings is 1. The number of nitrogens with zero attached hydrogens (tertiary/aromatic N) is 1. The van der Waals surface area contributed by atoms with Crippen molar-refractivity contribution in [3.05, 3.63) is 52.1 Å². The number of rotatable bonds is 3. The average molecular weight is 376 g/mol. The van der Waals surface area contributed by atoms with Crippen molar-refractivity contribution in [2.24, 2.45) is 5.73 Å². The Morgan fingerprint density at radius 3 is 2.48 bits per heavy atom. The van der Waals surface area contributed by atoms with Gasteiger partial charge < -0.3 is 5.73 Å². The van der Waals surface area contributed by atoms with Gasteiger partial charge in [0.25, 0.3) is 0 Å². The van der Waals surface area contributed by atoms with Gasteiger partial charge in [0.2, 0.25) is 0 Å². The van der Waals surface area contributed by atoms with Crippen LogP contribution < -0.4 is 5.73 Å². The fraction of sp³-hybridized carbons (Fsp3) is 0.0769. The summed E-state index contributed by atoms with van der Waals surface area (Å²) in [6, 6.07) is 7.03. The Morgan fingerprint density at radius 2 is 1.95 bits per heavy atom. The molecule has 3 N–H and O–H groups in total. The Balaban J connectivity index is 2.36. The third-order valence-corrected chi connectivity index (χ3v) is 3.92. The molecule has 8 heteroatoms. The van der Waals surface area contributed by atoms with Gasteiger partial charge in [-0.15, -0.1) is 0 Å². The first-order chi connectivity index (χ1) is 9.77. The summed E-state index contributed by atoms with van der Waals surface area (Å²) in [5.74, 6) is -0.617. The molecule has 0 amide bonds. The van der Waals surface area contributed by atoms with E-state index in [0.717, 1.165) is 10.5 Å². The van der Waals surface area contributed by atoms with Crippen molar-refractivity contribution in [3.8, 4) is 0 Å². The quantitative estimate of drug-likeness (QED) is 0.620. The molecule has 1 heterocycles. The van der Waals surface area contributed by atoms with Gasteiger partial charge in [0.1, 0.15) is 10.9 Å². The number of halogens is 4. The van der Waals surface area contributed by atoms with Crippen molar-refractivity contribution < 1.29 is 13.2 Å². The molecule has 3 nitrogen and oxygen atoms in total. The van der Waals surface area contributed by atoms with Crippen LogP contribution in [0.15, 0.2) is 50.9 Å². The second-order valence-electron chi connectivity index (χ2n) is 4.04.